The van der Waals surface area contributed by atoms with Crippen LogP contribution in [0.4, 0.5) is 26.3 Å². The molecule has 5 rings (SSSR count). The van der Waals surface area contributed by atoms with Gasteiger partial charge in [0, 0.05) is 5.56 Å². The summed E-state index contributed by atoms with van der Waals surface area (Å²) in [4.78, 5) is 0. The number of aliphatic hydroxyl groups is 4. The predicted octanol–water partition coefficient (Wildman–Crippen LogP) is 4.57. The van der Waals surface area contributed by atoms with Crippen LogP contribution in [0.2, 0.25) is 0 Å². The monoisotopic (exact) mass is 641 g/mol. The van der Waals surface area contributed by atoms with Crippen molar-refractivity contribution in [1.29, 1.82) is 0 Å². The lowest BCUT2D eigenvalue weighted by Gasteiger charge is -2.43. The summed E-state index contributed by atoms with van der Waals surface area (Å²) in [7, 11) is 0. The lowest BCUT2D eigenvalue weighted by molar-refractivity contribution is -0.178. The summed E-state index contributed by atoms with van der Waals surface area (Å²) >= 11 is 0.642. The molecule has 0 spiro atoms. The Bertz CT molecular complexity index is 1570. The second-order valence-electron chi connectivity index (χ2n) is 10.0. The van der Waals surface area contributed by atoms with E-state index in [1.165, 1.54) is 30.3 Å². The first-order valence-electron chi connectivity index (χ1n) is 13.1. The number of rotatable bonds is 8. The van der Waals surface area contributed by atoms with Crippen LogP contribution in [-0.4, -0.2) is 65.8 Å². The van der Waals surface area contributed by atoms with Crippen molar-refractivity contribution in [3.05, 3.63) is 107 Å². The lowest BCUT2D eigenvalue weighted by atomic mass is 9.96. The first-order chi connectivity index (χ1) is 20.9. The summed E-state index contributed by atoms with van der Waals surface area (Å²) in [6.07, 6.45) is -9.94. The van der Waals surface area contributed by atoms with Crippen molar-refractivity contribution in [2.24, 2.45) is 0 Å². The molecule has 0 radical (unpaired) electrons. The van der Waals surface area contributed by atoms with Crippen LogP contribution in [-0.2, 0) is 10.9 Å². The van der Waals surface area contributed by atoms with Gasteiger partial charge in [0.15, 0.2) is 17.5 Å². The Hall–Kier alpha value is -3.47. The molecule has 8 nitrogen and oxygen atoms in total. The van der Waals surface area contributed by atoms with Crippen molar-refractivity contribution in [3.8, 4) is 11.3 Å². The number of aromatic nitrogens is 3. The normalized spacial score (nSPS) is 23.8. The molecule has 1 aliphatic rings. The van der Waals surface area contributed by atoms with Gasteiger partial charge in [-0.05, 0) is 29.3 Å². The van der Waals surface area contributed by atoms with Gasteiger partial charge in [-0.3, -0.25) is 0 Å². The molecule has 1 aliphatic heterocycles. The number of alkyl halides is 3. The third-order valence-corrected chi connectivity index (χ3v) is 8.69. The molecule has 2 unspecified atom stereocenters. The van der Waals surface area contributed by atoms with E-state index in [-0.39, 0.29) is 22.4 Å². The van der Waals surface area contributed by atoms with Gasteiger partial charge in [-0.15, -0.1) is 16.9 Å². The van der Waals surface area contributed by atoms with Crippen LogP contribution in [0.1, 0.15) is 34.1 Å². The molecule has 0 bridgehead atoms. The summed E-state index contributed by atoms with van der Waals surface area (Å²) in [6.45, 7) is -0.775. The van der Waals surface area contributed by atoms with Crippen molar-refractivity contribution >= 4 is 11.8 Å². The van der Waals surface area contributed by atoms with Crippen molar-refractivity contribution in [2.45, 2.75) is 47.3 Å². The fraction of sp³-hybridized carbons (Fsp3) is 0.310. The van der Waals surface area contributed by atoms with Gasteiger partial charge in [0.05, 0.1) is 29.7 Å². The Morgan fingerprint density at radius 2 is 1.57 bits per heavy atom. The van der Waals surface area contributed by atoms with Crippen LogP contribution in [0.15, 0.2) is 72.9 Å². The molecule has 0 saturated carbocycles. The van der Waals surface area contributed by atoms with Crippen molar-refractivity contribution in [3.63, 3.8) is 0 Å². The van der Waals surface area contributed by atoms with E-state index in [9.17, 15) is 46.8 Å². The average Bonchev–Trinajstić information content (AvgIpc) is 3.49. The van der Waals surface area contributed by atoms with E-state index in [0.717, 1.165) is 16.9 Å². The summed E-state index contributed by atoms with van der Waals surface area (Å²) < 4.78 is 90.0. The van der Waals surface area contributed by atoms with Crippen LogP contribution < -0.4 is 0 Å². The number of nitrogens with zero attached hydrogens (tertiary/aromatic N) is 3. The second kappa shape index (κ2) is 12.9. The molecule has 1 fully saturated rings. The van der Waals surface area contributed by atoms with E-state index in [4.69, 9.17) is 4.74 Å². The van der Waals surface area contributed by atoms with Gasteiger partial charge >= 0.3 is 6.18 Å². The molecular formula is C29H25F6N3O5S. The maximum Gasteiger partial charge on any atom is 0.416 e. The lowest BCUT2D eigenvalue weighted by Crippen LogP contribution is -2.55. The van der Waals surface area contributed by atoms with Crippen molar-refractivity contribution in [1.82, 2.24) is 15.0 Å². The molecule has 44 heavy (non-hydrogen) atoms. The van der Waals surface area contributed by atoms with Gasteiger partial charge in [-0.1, -0.05) is 53.7 Å². The van der Waals surface area contributed by atoms with E-state index in [0.29, 0.717) is 23.9 Å². The summed E-state index contributed by atoms with van der Waals surface area (Å²) in [5, 5.41) is 49.9. The minimum absolute atomic E-state index is 0.157. The van der Waals surface area contributed by atoms with Crippen molar-refractivity contribution < 1.29 is 51.5 Å². The minimum Gasteiger partial charge on any atom is -0.394 e. The van der Waals surface area contributed by atoms with Crippen LogP contribution in [0.5, 0.6) is 0 Å². The smallest absolute Gasteiger partial charge is 0.394 e. The highest BCUT2D eigenvalue weighted by molar-refractivity contribution is 8.00. The van der Waals surface area contributed by atoms with E-state index in [1.807, 2.05) is 0 Å². The number of ether oxygens (including phenoxy) is 1. The zero-order chi connectivity index (χ0) is 31.8. The number of hydrogen-bond acceptors (Lipinski definition) is 8. The summed E-state index contributed by atoms with van der Waals surface area (Å²) in [5.41, 5.74) is -2.85. The van der Waals surface area contributed by atoms with Gasteiger partial charge in [-0.2, -0.15) is 13.2 Å². The number of hydrogen-bond donors (Lipinski definition) is 4. The van der Waals surface area contributed by atoms with Crippen LogP contribution >= 0.6 is 11.8 Å². The molecule has 4 aromatic rings. The third kappa shape index (κ3) is 6.34. The zero-order valence-electron chi connectivity index (χ0n) is 22.4. The molecule has 7 atom stereocenters. The molecule has 1 saturated heterocycles. The highest BCUT2D eigenvalue weighted by Crippen LogP contribution is 2.49. The van der Waals surface area contributed by atoms with Crippen molar-refractivity contribution in [2.75, 3.05) is 6.61 Å². The Balaban J connectivity index is 1.52. The van der Waals surface area contributed by atoms with Gasteiger partial charge in [-0.25, -0.2) is 17.9 Å². The maximum atomic E-state index is 14.1. The highest BCUT2D eigenvalue weighted by atomic mass is 32.2. The topological polar surface area (TPSA) is 121 Å². The van der Waals surface area contributed by atoms with E-state index < -0.39 is 76.9 Å². The molecular weight excluding hydrogens is 616 g/mol. The average molecular weight is 642 g/mol. The molecule has 15 heteroatoms. The standard InChI is InChI=1S/C29H25F6N3O5S/c30-18-10-15(11-19(31)22(18)32)20-12-38(37-36-20)23-25(41)21(13-39)43-28(26(23)42)44-27(24(40)14-6-2-1-3-7-14)16-8-4-5-9-17(16)29(33,34)35/h1-12,21,23-28,39-42H,13H2/t21-,23+,24?,25+,26-,27?,28+/m1/s1. The predicted molar refractivity (Wildman–Crippen MR) is 145 cm³/mol. The van der Waals surface area contributed by atoms with E-state index >= 15 is 0 Å². The highest BCUT2D eigenvalue weighted by Gasteiger charge is 2.48. The Kier molecular flexibility index (Phi) is 9.34. The fourth-order valence-corrected chi connectivity index (χ4v) is 6.52. The molecule has 0 amide bonds. The Morgan fingerprint density at radius 3 is 2.20 bits per heavy atom. The van der Waals surface area contributed by atoms with Gasteiger partial charge in [0.1, 0.15) is 35.5 Å². The van der Waals surface area contributed by atoms with E-state index in [2.05, 4.69) is 10.3 Å². The van der Waals surface area contributed by atoms with Gasteiger partial charge < -0.3 is 25.2 Å². The SMILES string of the molecule is OC[C@H]1O[C@@H](SC(c2ccccc2C(F)(F)F)C(O)c2ccccc2)[C@H](O)[C@@H](n2cc(-c3cc(F)c(F)c(F)c3)nn2)[C@H]1O. The number of thioether (sulfide) groups is 1. The molecule has 4 N–H and O–H groups in total. The third-order valence-electron chi connectivity index (χ3n) is 7.23. The Labute approximate surface area is 250 Å². The number of benzene rings is 3. The summed E-state index contributed by atoms with van der Waals surface area (Å²) in [5.74, 6) is -4.67. The number of aliphatic hydroxyl groups excluding tert-OH is 4. The number of halogens is 6. The summed E-state index contributed by atoms with van der Waals surface area (Å²) in [6, 6.07) is 12.4. The first-order valence-corrected chi connectivity index (χ1v) is 14.1. The molecule has 234 valence electrons. The van der Waals surface area contributed by atoms with Crippen LogP contribution in [0.25, 0.3) is 11.3 Å². The fourth-order valence-electron chi connectivity index (χ4n) is 5.04. The van der Waals surface area contributed by atoms with E-state index in [1.54, 1.807) is 18.2 Å². The first kappa shape index (κ1) is 31.9. The molecule has 3 aromatic carbocycles. The second-order valence-corrected chi connectivity index (χ2v) is 11.3. The zero-order valence-corrected chi connectivity index (χ0v) is 23.2. The largest absolute Gasteiger partial charge is 0.416 e. The molecule has 1 aromatic heterocycles. The minimum atomic E-state index is -4.79. The molecule has 2 heterocycles. The van der Waals surface area contributed by atoms with Gasteiger partial charge in [0.25, 0.3) is 0 Å². The van der Waals surface area contributed by atoms with Crippen LogP contribution in [0, 0.1) is 17.5 Å². The van der Waals surface area contributed by atoms with Crippen LogP contribution in [0.3, 0.4) is 0 Å². The maximum absolute atomic E-state index is 14.1. The van der Waals surface area contributed by atoms with Gasteiger partial charge in [0.2, 0.25) is 0 Å². The quantitative estimate of drug-likeness (QED) is 0.163. The Morgan fingerprint density at radius 1 is 0.932 bits per heavy atom. The molecule has 0 aliphatic carbocycles.